The lowest BCUT2D eigenvalue weighted by Crippen LogP contribution is -2.37. The molecule has 0 aromatic heterocycles. The summed E-state index contributed by atoms with van der Waals surface area (Å²) in [5, 5.41) is 3.20. The van der Waals surface area contributed by atoms with E-state index in [1.54, 1.807) is 42.5 Å². The summed E-state index contributed by atoms with van der Waals surface area (Å²) in [6.45, 7) is 0.520. The molecule has 0 spiro atoms. The van der Waals surface area contributed by atoms with Crippen LogP contribution in [0.3, 0.4) is 0 Å². The van der Waals surface area contributed by atoms with Gasteiger partial charge in [-0.1, -0.05) is 17.7 Å². The van der Waals surface area contributed by atoms with Crippen molar-refractivity contribution < 1.29 is 17.9 Å². The first-order valence-corrected chi connectivity index (χ1v) is 9.39. The maximum Gasteiger partial charge on any atom is 0.255 e. The zero-order valence-electron chi connectivity index (χ0n) is 12.8. The highest BCUT2D eigenvalue weighted by Crippen LogP contribution is 2.35. The molecule has 0 aliphatic carbocycles. The SMILES string of the molecule is CS(=O)(=O)N1CCOc2ccc(NC(=O)c3cccc(Cl)c3)cc21. The highest BCUT2D eigenvalue weighted by Gasteiger charge is 2.25. The standard InChI is InChI=1S/C16H15ClN2O4S/c1-24(21,22)19-7-8-23-15-6-5-13(10-14(15)19)18-16(20)11-3-2-4-12(17)9-11/h2-6,9-10H,7-8H2,1H3,(H,18,20). The van der Waals surface area contributed by atoms with Gasteiger partial charge in [0, 0.05) is 16.3 Å². The molecular weight excluding hydrogens is 352 g/mol. The van der Waals surface area contributed by atoms with Gasteiger partial charge in [0.1, 0.15) is 12.4 Å². The van der Waals surface area contributed by atoms with Crippen LogP contribution in [0.4, 0.5) is 11.4 Å². The van der Waals surface area contributed by atoms with E-state index in [0.717, 1.165) is 6.26 Å². The van der Waals surface area contributed by atoms with Crippen molar-refractivity contribution in [3.8, 4) is 5.75 Å². The molecule has 1 amide bonds. The molecule has 0 bridgehead atoms. The molecular formula is C16H15ClN2O4S. The van der Waals surface area contributed by atoms with Crippen LogP contribution in [0.25, 0.3) is 0 Å². The molecule has 8 heteroatoms. The Morgan fingerprint density at radius 3 is 2.75 bits per heavy atom. The molecule has 0 unspecified atom stereocenters. The van der Waals surface area contributed by atoms with Crippen LogP contribution in [0.15, 0.2) is 42.5 Å². The summed E-state index contributed by atoms with van der Waals surface area (Å²) in [4.78, 5) is 12.3. The van der Waals surface area contributed by atoms with Gasteiger partial charge in [0.05, 0.1) is 18.5 Å². The maximum absolute atomic E-state index is 12.3. The van der Waals surface area contributed by atoms with E-state index in [4.69, 9.17) is 16.3 Å². The minimum absolute atomic E-state index is 0.234. The molecule has 0 saturated heterocycles. The second-order valence-corrected chi connectivity index (χ2v) is 7.67. The molecule has 24 heavy (non-hydrogen) atoms. The quantitative estimate of drug-likeness (QED) is 0.906. The van der Waals surface area contributed by atoms with Crippen molar-refractivity contribution in [2.24, 2.45) is 0 Å². The van der Waals surface area contributed by atoms with Gasteiger partial charge in [0.25, 0.3) is 5.91 Å². The molecule has 3 rings (SSSR count). The van der Waals surface area contributed by atoms with E-state index in [1.807, 2.05) is 0 Å². The van der Waals surface area contributed by atoms with Gasteiger partial charge in [-0.25, -0.2) is 8.42 Å². The fourth-order valence-corrected chi connectivity index (χ4v) is 3.54. The van der Waals surface area contributed by atoms with Crippen molar-refractivity contribution in [3.05, 3.63) is 53.1 Å². The molecule has 1 N–H and O–H groups in total. The second-order valence-electron chi connectivity index (χ2n) is 5.33. The van der Waals surface area contributed by atoms with Crippen molar-refractivity contribution in [2.45, 2.75) is 0 Å². The predicted molar refractivity (Wildman–Crippen MR) is 93.5 cm³/mol. The molecule has 1 aliphatic rings. The number of ether oxygens (including phenoxy) is 1. The summed E-state index contributed by atoms with van der Waals surface area (Å²) in [5.41, 5.74) is 1.29. The molecule has 0 saturated carbocycles. The number of fused-ring (bicyclic) bond motifs is 1. The summed E-state index contributed by atoms with van der Waals surface area (Å²) in [7, 11) is -3.42. The molecule has 0 radical (unpaired) electrons. The third kappa shape index (κ3) is 3.47. The molecule has 2 aromatic carbocycles. The lowest BCUT2D eigenvalue weighted by atomic mass is 10.2. The fraction of sp³-hybridized carbons (Fsp3) is 0.188. The average Bonchev–Trinajstić information content (AvgIpc) is 2.53. The summed E-state index contributed by atoms with van der Waals surface area (Å²) in [6.07, 6.45) is 1.14. The molecule has 2 aromatic rings. The van der Waals surface area contributed by atoms with Crippen molar-refractivity contribution in [2.75, 3.05) is 29.0 Å². The van der Waals surface area contributed by atoms with Gasteiger partial charge >= 0.3 is 0 Å². The van der Waals surface area contributed by atoms with E-state index >= 15 is 0 Å². The summed E-state index contributed by atoms with van der Waals surface area (Å²) < 4.78 is 30.6. The number of nitrogens with one attached hydrogen (secondary N) is 1. The first-order valence-electron chi connectivity index (χ1n) is 7.16. The predicted octanol–water partition coefficient (Wildman–Crippen LogP) is 2.75. The highest BCUT2D eigenvalue weighted by atomic mass is 35.5. The van der Waals surface area contributed by atoms with Crippen LogP contribution >= 0.6 is 11.6 Å². The number of benzene rings is 2. The zero-order chi connectivity index (χ0) is 17.3. The minimum Gasteiger partial charge on any atom is -0.489 e. The Hall–Kier alpha value is -2.25. The maximum atomic E-state index is 12.3. The first-order chi connectivity index (χ1) is 11.3. The number of nitrogens with zero attached hydrogens (tertiary/aromatic N) is 1. The minimum atomic E-state index is -3.42. The lowest BCUT2D eigenvalue weighted by molar-refractivity contribution is 0.102. The Balaban J connectivity index is 1.89. The Kier molecular flexibility index (Phi) is 4.38. The van der Waals surface area contributed by atoms with Gasteiger partial charge in [0.2, 0.25) is 10.0 Å². The zero-order valence-corrected chi connectivity index (χ0v) is 14.4. The highest BCUT2D eigenvalue weighted by molar-refractivity contribution is 7.92. The third-order valence-electron chi connectivity index (χ3n) is 3.52. The topological polar surface area (TPSA) is 75.7 Å². The average molecular weight is 367 g/mol. The number of hydrogen-bond acceptors (Lipinski definition) is 4. The summed E-state index contributed by atoms with van der Waals surface area (Å²) in [6, 6.07) is 11.4. The number of rotatable bonds is 3. The number of carbonyl (C=O) groups is 1. The van der Waals surface area contributed by atoms with Gasteiger partial charge in [-0.3, -0.25) is 9.10 Å². The van der Waals surface area contributed by atoms with Crippen LogP contribution in [0.5, 0.6) is 5.75 Å². The molecule has 0 atom stereocenters. The van der Waals surface area contributed by atoms with E-state index in [9.17, 15) is 13.2 Å². The summed E-state index contributed by atoms with van der Waals surface area (Å²) >= 11 is 5.89. The van der Waals surface area contributed by atoms with Crippen LogP contribution in [0.2, 0.25) is 5.02 Å². The molecule has 1 aliphatic heterocycles. The second kappa shape index (κ2) is 6.33. The number of halogens is 1. The normalized spacial score (nSPS) is 13.8. The number of hydrogen-bond donors (Lipinski definition) is 1. The smallest absolute Gasteiger partial charge is 0.255 e. The van der Waals surface area contributed by atoms with Crippen LogP contribution < -0.4 is 14.4 Å². The largest absolute Gasteiger partial charge is 0.489 e. The van der Waals surface area contributed by atoms with E-state index < -0.39 is 10.0 Å². The Morgan fingerprint density at radius 1 is 1.25 bits per heavy atom. The van der Waals surface area contributed by atoms with Gasteiger partial charge in [-0.15, -0.1) is 0 Å². The van der Waals surface area contributed by atoms with E-state index in [-0.39, 0.29) is 19.1 Å². The van der Waals surface area contributed by atoms with E-state index in [0.29, 0.717) is 27.7 Å². The monoisotopic (exact) mass is 366 g/mol. The van der Waals surface area contributed by atoms with Crippen LogP contribution in [0, 0.1) is 0 Å². The number of amides is 1. The van der Waals surface area contributed by atoms with Gasteiger partial charge in [-0.05, 0) is 36.4 Å². The van der Waals surface area contributed by atoms with Crippen molar-refractivity contribution in [1.82, 2.24) is 0 Å². The summed E-state index contributed by atoms with van der Waals surface area (Å²) in [5.74, 6) is 0.132. The van der Waals surface area contributed by atoms with Gasteiger partial charge in [0.15, 0.2) is 0 Å². The van der Waals surface area contributed by atoms with Crippen molar-refractivity contribution >= 4 is 38.9 Å². The van der Waals surface area contributed by atoms with E-state index in [1.165, 1.54) is 4.31 Å². The molecule has 1 heterocycles. The van der Waals surface area contributed by atoms with Gasteiger partial charge in [-0.2, -0.15) is 0 Å². The Bertz CT molecular complexity index is 899. The van der Waals surface area contributed by atoms with Crippen LogP contribution in [0.1, 0.15) is 10.4 Å². The fourth-order valence-electron chi connectivity index (χ4n) is 2.45. The Labute approximate surface area is 145 Å². The van der Waals surface area contributed by atoms with Crippen molar-refractivity contribution in [1.29, 1.82) is 0 Å². The van der Waals surface area contributed by atoms with Crippen LogP contribution in [-0.2, 0) is 10.0 Å². The van der Waals surface area contributed by atoms with Gasteiger partial charge < -0.3 is 10.1 Å². The lowest BCUT2D eigenvalue weighted by Gasteiger charge is -2.29. The molecule has 6 nitrogen and oxygen atoms in total. The number of sulfonamides is 1. The molecule has 0 fully saturated rings. The van der Waals surface area contributed by atoms with Crippen LogP contribution in [-0.4, -0.2) is 33.7 Å². The number of anilines is 2. The third-order valence-corrected chi connectivity index (χ3v) is 4.94. The molecule has 126 valence electrons. The van der Waals surface area contributed by atoms with Crippen molar-refractivity contribution in [3.63, 3.8) is 0 Å². The first kappa shape index (κ1) is 16.6. The Morgan fingerprint density at radius 2 is 2.04 bits per heavy atom. The van der Waals surface area contributed by atoms with E-state index in [2.05, 4.69) is 5.32 Å². The number of carbonyl (C=O) groups excluding carboxylic acids is 1.